The maximum absolute atomic E-state index is 14.1. The summed E-state index contributed by atoms with van der Waals surface area (Å²) in [6, 6.07) is 2.84. The first-order valence-electron chi connectivity index (χ1n) is 12.5. The van der Waals surface area contributed by atoms with Crippen molar-refractivity contribution in [3.05, 3.63) is 52.6 Å². The summed E-state index contributed by atoms with van der Waals surface area (Å²) in [5.74, 6) is -0.614. The van der Waals surface area contributed by atoms with Crippen LogP contribution in [0.5, 0.6) is 17.2 Å². The smallest absolute Gasteiger partial charge is 0.259 e. The van der Waals surface area contributed by atoms with Crippen LogP contribution in [0.1, 0.15) is 51.9 Å². The molecule has 1 N–H and O–H groups in total. The van der Waals surface area contributed by atoms with Crippen LogP contribution in [0.15, 0.2) is 71.6 Å². The normalized spacial score (nSPS) is 10.6. The van der Waals surface area contributed by atoms with Gasteiger partial charge in [-0.2, -0.15) is 19.4 Å². The molecule has 236 valence electrons. The van der Waals surface area contributed by atoms with Gasteiger partial charge in [-0.15, -0.1) is 0 Å². The van der Waals surface area contributed by atoms with Gasteiger partial charge in [-0.1, -0.05) is 16.7 Å². The second-order valence-electron chi connectivity index (χ2n) is 9.41. The molecule has 2 aromatic rings. The zero-order valence-corrected chi connectivity index (χ0v) is 28.2. The van der Waals surface area contributed by atoms with Crippen LogP contribution in [0.4, 0.5) is 25.1 Å². The Labute approximate surface area is 270 Å². The molecular formula is C28H30F5NO4S5. The first kappa shape index (κ1) is 37.1. The van der Waals surface area contributed by atoms with Crippen LogP contribution < -0.4 is 19.5 Å². The largest absolute Gasteiger partial charge is 0.485 e. The summed E-state index contributed by atoms with van der Waals surface area (Å²) in [4.78, 5) is 10.5. The molecule has 0 atom stereocenters. The number of ether oxygens (including phenoxy) is 3. The Bertz CT molecular complexity index is 1340. The van der Waals surface area contributed by atoms with Crippen LogP contribution in [-0.2, 0) is 0 Å². The summed E-state index contributed by atoms with van der Waals surface area (Å²) in [5, 5.41) is 2.35. The zero-order chi connectivity index (χ0) is 32.1. The molecule has 0 heterocycles. The van der Waals surface area contributed by atoms with Crippen molar-refractivity contribution in [1.29, 1.82) is 0 Å². The van der Waals surface area contributed by atoms with E-state index in [4.69, 9.17) is 14.2 Å². The van der Waals surface area contributed by atoms with Crippen LogP contribution in [0.25, 0.3) is 0 Å². The number of hydrogen-bond acceptors (Lipinski definition) is 9. The van der Waals surface area contributed by atoms with Gasteiger partial charge < -0.3 is 19.5 Å². The van der Waals surface area contributed by atoms with Crippen LogP contribution in [0.3, 0.4) is 0 Å². The van der Waals surface area contributed by atoms with E-state index in [1.165, 1.54) is 12.1 Å². The fourth-order valence-corrected chi connectivity index (χ4v) is 6.14. The van der Waals surface area contributed by atoms with E-state index in [0.717, 1.165) is 16.7 Å². The molecule has 5 nitrogen and oxygen atoms in total. The van der Waals surface area contributed by atoms with Crippen LogP contribution in [0, 0.1) is 0 Å². The standard InChI is InChI=1S/C28H30F5NO4S5/c1-15(2)9-12-36-19-8-7-18(21(37-13-10-16(3)4)22(19)38-14-11-17(5)6)28(35)34-20-23(39-29)25(41-31)27(43-33)26(42-32)24(20)40-30/h7-11H,12-14H2,1-6H3,(H,34,35). The van der Waals surface area contributed by atoms with E-state index in [-0.39, 0.29) is 42.6 Å². The minimum Gasteiger partial charge on any atom is -0.485 e. The number of amides is 1. The molecule has 0 aliphatic heterocycles. The molecule has 0 aliphatic rings. The number of carbonyl (C=O) groups excluding carboxylic acids is 1. The Balaban J connectivity index is 2.77. The molecule has 0 spiro atoms. The van der Waals surface area contributed by atoms with Gasteiger partial charge in [-0.05, 0) is 71.9 Å². The SMILES string of the molecule is CC(C)=CCOc1ccc(C(=O)Nc2c(SF)c(SF)c(SF)c(SF)c2SF)c(OCC=C(C)C)c1OCC=C(C)C. The van der Waals surface area contributed by atoms with E-state index in [1.54, 1.807) is 12.2 Å². The van der Waals surface area contributed by atoms with E-state index >= 15 is 0 Å². The summed E-state index contributed by atoms with van der Waals surface area (Å²) >= 11 is -2.79. The highest BCUT2D eigenvalue weighted by Crippen LogP contribution is 2.54. The number of rotatable bonds is 16. The lowest BCUT2D eigenvalue weighted by Gasteiger charge is -2.21. The lowest BCUT2D eigenvalue weighted by atomic mass is 10.1. The Morgan fingerprint density at radius 3 is 1.44 bits per heavy atom. The van der Waals surface area contributed by atoms with Gasteiger partial charge in [0.25, 0.3) is 5.91 Å². The average Bonchev–Trinajstić information content (AvgIpc) is 2.96. The summed E-state index contributed by atoms with van der Waals surface area (Å²) in [7, 11) is 0. The van der Waals surface area contributed by atoms with E-state index in [0.29, 0.717) is 0 Å². The third-order valence-electron chi connectivity index (χ3n) is 5.39. The number of benzene rings is 2. The van der Waals surface area contributed by atoms with Crippen molar-refractivity contribution in [3.8, 4) is 17.2 Å². The Hall–Kier alpha value is -2.07. The monoisotopic (exact) mass is 699 g/mol. The molecule has 15 heteroatoms. The number of hydrogen-bond donors (Lipinski definition) is 1. The fourth-order valence-electron chi connectivity index (χ4n) is 3.29. The number of carbonyl (C=O) groups is 1. The van der Waals surface area contributed by atoms with E-state index in [1.807, 2.05) is 47.6 Å². The Morgan fingerprint density at radius 1 is 0.628 bits per heavy atom. The maximum Gasteiger partial charge on any atom is 0.259 e. The molecule has 2 aromatic carbocycles. The summed E-state index contributed by atoms with van der Waals surface area (Å²) in [5.41, 5.74) is 2.22. The maximum atomic E-state index is 14.1. The van der Waals surface area contributed by atoms with Crippen LogP contribution >= 0.6 is 60.7 Å². The highest BCUT2D eigenvalue weighted by molar-refractivity contribution is 8.00. The van der Waals surface area contributed by atoms with Crippen LogP contribution in [-0.4, -0.2) is 25.7 Å². The van der Waals surface area contributed by atoms with Gasteiger partial charge in [0.1, 0.15) is 19.8 Å². The molecule has 0 unspecified atom stereocenters. The molecule has 43 heavy (non-hydrogen) atoms. The second kappa shape index (κ2) is 18.7. The van der Waals surface area contributed by atoms with E-state index in [9.17, 15) is 24.2 Å². The predicted molar refractivity (Wildman–Crippen MR) is 170 cm³/mol. The van der Waals surface area contributed by atoms with Gasteiger partial charge in [-0.25, -0.2) is 0 Å². The minimum atomic E-state index is -0.939. The van der Waals surface area contributed by atoms with Gasteiger partial charge in [0.05, 0.1) is 96.5 Å². The molecule has 2 rings (SSSR count). The Kier molecular flexibility index (Phi) is 16.1. The third-order valence-corrected chi connectivity index (χ3v) is 8.72. The number of halogens is 5. The molecular weight excluding hydrogens is 670 g/mol. The lowest BCUT2D eigenvalue weighted by molar-refractivity contribution is 0.102. The minimum absolute atomic E-state index is 0.0317. The lowest BCUT2D eigenvalue weighted by Crippen LogP contribution is -2.17. The third kappa shape index (κ3) is 10.2. The van der Waals surface area contributed by atoms with Gasteiger partial charge in [0.2, 0.25) is 5.75 Å². The van der Waals surface area contributed by atoms with Gasteiger partial charge >= 0.3 is 0 Å². The van der Waals surface area contributed by atoms with E-state index < -0.39 is 96.8 Å². The van der Waals surface area contributed by atoms with Crippen molar-refractivity contribution in [2.24, 2.45) is 0 Å². The number of nitrogens with one attached hydrogen (secondary N) is 1. The van der Waals surface area contributed by atoms with E-state index in [2.05, 4.69) is 5.32 Å². The highest BCUT2D eigenvalue weighted by Gasteiger charge is 2.31. The molecule has 0 fully saturated rings. The van der Waals surface area contributed by atoms with Gasteiger partial charge in [0.15, 0.2) is 11.5 Å². The molecule has 1 amide bonds. The van der Waals surface area contributed by atoms with Crippen molar-refractivity contribution in [1.82, 2.24) is 0 Å². The molecule has 0 bridgehead atoms. The topological polar surface area (TPSA) is 56.8 Å². The quantitative estimate of drug-likeness (QED) is 0.136. The summed E-state index contributed by atoms with van der Waals surface area (Å²) in [6.45, 7) is 11.6. The molecule has 0 saturated carbocycles. The van der Waals surface area contributed by atoms with Gasteiger partial charge in [0, 0.05) is 0 Å². The zero-order valence-electron chi connectivity index (χ0n) is 24.1. The molecule has 0 saturated heterocycles. The Morgan fingerprint density at radius 2 is 1.02 bits per heavy atom. The summed E-state index contributed by atoms with van der Waals surface area (Å²) < 4.78 is 87.5. The first-order chi connectivity index (χ1) is 20.5. The van der Waals surface area contributed by atoms with Crippen molar-refractivity contribution in [3.63, 3.8) is 0 Å². The highest BCUT2D eigenvalue weighted by atomic mass is 32.2. The first-order valence-corrected chi connectivity index (χ1v) is 16.1. The van der Waals surface area contributed by atoms with Crippen molar-refractivity contribution < 1.29 is 38.4 Å². The fraction of sp³-hybridized carbons (Fsp3) is 0.321. The van der Waals surface area contributed by atoms with Crippen molar-refractivity contribution >= 4 is 72.3 Å². The number of allylic oxidation sites excluding steroid dienone is 3. The predicted octanol–water partition coefficient (Wildman–Crippen LogP) is 11.9. The molecule has 0 aliphatic carbocycles. The molecule has 0 radical (unpaired) electrons. The van der Waals surface area contributed by atoms with Crippen molar-refractivity contribution in [2.75, 3.05) is 25.1 Å². The van der Waals surface area contributed by atoms with Crippen molar-refractivity contribution in [2.45, 2.75) is 66.0 Å². The van der Waals surface area contributed by atoms with Gasteiger partial charge in [-0.3, -0.25) is 4.79 Å². The molecule has 0 aromatic heterocycles. The summed E-state index contributed by atoms with van der Waals surface area (Å²) in [6.07, 6.45) is 5.41. The average molecular weight is 700 g/mol. The van der Waals surface area contributed by atoms with Crippen LogP contribution in [0.2, 0.25) is 0 Å². The second-order valence-corrected chi connectivity index (χ2v) is 12.2. The number of anilines is 1.